The fourth-order valence-corrected chi connectivity index (χ4v) is 0.726. The number of rotatable bonds is 5. The van der Waals surface area contributed by atoms with E-state index >= 15 is 0 Å². The summed E-state index contributed by atoms with van der Waals surface area (Å²) in [7, 11) is 1.23. The third-order valence-corrected chi connectivity index (χ3v) is 1.49. The molecule has 70 valence electrons. The number of methoxy groups -OCH3 is 1. The van der Waals surface area contributed by atoms with Gasteiger partial charge in [-0.25, -0.2) is 4.79 Å². The van der Waals surface area contributed by atoms with Crippen LogP contribution in [0.25, 0.3) is 0 Å². The maximum absolute atomic E-state index is 10.8. The van der Waals surface area contributed by atoms with Crippen LogP contribution >= 0.6 is 0 Å². The molecule has 1 atom stereocenters. The minimum Gasteiger partial charge on any atom is -0.466 e. The topological polar surface area (TPSA) is 66.8 Å². The van der Waals surface area contributed by atoms with Crippen molar-refractivity contribution in [1.29, 1.82) is 0 Å². The molecule has 0 aliphatic carbocycles. The predicted molar refractivity (Wildman–Crippen MR) is 43.5 cm³/mol. The molecule has 0 aromatic rings. The van der Waals surface area contributed by atoms with E-state index in [0.717, 1.165) is 0 Å². The van der Waals surface area contributed by atoms with E-state index in [1.807, 2.05) is 0 Å². The SMILES string of the molecule is C=C(C(=O)OC)C(O)CCCO. The third-order valence-electron chi connectivity index (χ3n) is 1.49. The molecule has 0 aromatic carbocycles. The van der Waals surface area contributed by atoms with Gasteiger partial charge in [0.1, 0.15) is 0 Å². The van der Waals surface area contributed by atoms with Crippen molar-refractivity contribution < 1.29 is 19.7 Å². The van der Waals surface area contributed by atoms with Crippen molar-refractivity contribution in [3.05, 3.63) is 12.2 Å². The predicted octanol–water partition coefficient (Wildman–Crippen LogP) is -0.151. The van der Waals surface area contributed by atoms with Crippen molar-refractivity contribution >= 4 is 5.97 Å². The summed E-state index contributed by atoms with van der Waals surface area (Å²) in [6.45, 7) is 3.36. The zero-order valence-electron chi connectivity index (χ0n) is 7.12. The number of carbonyl (C=O) groups is 1. The van der Waals surface area contributed by atoms with Crippen molar-refractivity contribution in [3.63, 3.8) is 0 Å². The number of hydrogen-bond donors (Lipinski definition) is 2. The summed E-state index contributed by atoms with van der Waals surface area (Å²) in [5.74, 6) is -0.611. The zero-order chi connectivity index (χ0) is 9.56. The van der Waals surface area contributed by atoms with Gasteiger partial charge in [-0.05, 0) is 12.8 Å². The lowest BCUT2D eigenvalue weighted by Gasteiger charge is -2.10. The lowest BCUT2D eigenvalue weighted by Crippen LogP contribution is -2.18. The highest BCUT2D eigenvalue weighted by molar-refractivity contribution is 5.88. The first-order chi connectivity index (χ1) is 5.63. The Labute approximate surface area is 71.5 Å². The van der Waals surface area contributed by atoms with Gasteiger partial charge in [0.2, 0.25) is 0 Å². The molecule has 2 N–H and O–H groups in total. The number of aliphatic hydroxyl groups is 2. The van der Waals surface area contributed by atoms with E-state index in [9.17, 15) is 9.90 Å². The molecule has 0 rings (SSSR count). The Morgan fingerprint density at radius 3 is 2.67 bits per heavy atom. The number of ether oxygens (including phenoxy) is 1. The molecule has 0 amide bonds. The number of esters is 1. The van der Waals surface area contributed by atoms with E-state index in [0.29, 0.717) is 12.8 Å². The Bertz CT molecular complexity index is 164. The number of aliphatic hydroxyl groups excluding tert-OH is 2. The molecule has 0 aliphatic rings. The standard InChI is InChI=1S/C8H14O4/c1-6(8(11)12-2)7(10)4-3-5-9/h7,9-10H,1,3-5H2,2H3. The van der Waals surface area contributed by atoms with Crippen molar-refractivity contribution in [3.8, 4) is 0 Å². The lowest BCUT2D eigenvalue weighted by atomic mass is 10.1. The van der Waals surface area contributed by atoms with Crippen LogP contribution in [0.3, 0.4) is 0 Å². The first-order valence-corrected chi connectivity index (χ1v) is 3.69. The Hall–Kier alpha value is -0.870. The Morgan fingerprint density at radius 1 is 1.67 bits per heavy atom. The second-order valence-electron chi connectivity index (χ2n) is 2.40. The molecule has 0 aliphatic heterocycles. The molecule has 4 heteroatoms. The van der Waals surface area contributed by atoms with E-state index in [4.69, 9.17) is 5.11 Å². The van der Waals surface area contributed by atoms with Crippen LogP contribution in [0.5, 0.6) is 0 Å². The average molecular weight is 174 g/mol. The van der Waals surface area contributed by atoms with Gasteiger partial charge in [-0.3, -0.25) is 0 Å². The third kappa shape index (κ3) is 3.50. The minimum atomic E-state index is -0.912. The van der Waals surface area contributed by atoms with Gasteiger partial charge in [-0.2, -0.15) is 0 Å². The fourth-order valence-electron chi connectivity index (χ4n) is 0.726. The van der Waals surface area contributed by atoms with E-state index in [-0.39, 0.29) is 12.2 Å². The number of hydrogen-bond acceptors (Lipinski definition) is 4. The average Bonchev–Trinajstić information content (AvgIpc) is 2.11. The van der Waals surface area contributed by atoms with Gasteiger partial charge in [-0.1, -0.05) is 6.58 Å². The highest BCUT2D eigenvalue weighted by atomic mass is 16.5. The smallest absolute Gasteiger partial charge is 0.335 e. The van der Waals surface area contributed by atoms with E-state index in [1.54, 1.807) is 0 Å². The van der Waals surface area contributed by atoms with Crippen LogP contribution in [0.2, 0.25) is 0 Å². The van der Waals surface area contributed by atoms with Crippen LogP contribution in [-0.4, -0.2) is 36.0 Å². The van der Waals surface area contributed by atoms with Crippen LogP contribution in [0.1, 0.15) is 12.8 Å². The summed E-state index contributed by atoms with van der Waals surface area (Å²) >= 11 is 0. The van der Waals surface area contributed by atoms with Crippen LogP contribution in [0.4, 0.5) is 0 Å². The molecule has 0 saturated carbocycles. The van der Waals surface area contributed by atoms with Crippen molar-refractivity contribution in [2.24, 2.45) is 0 Å². The van der Waals surface area contributed by atoms with E-state index in [1.165, 1.54) is 7.11 Å². The molecule has 1 unspecified atom stereocenters. The van der Waals surface area contributed by atoms with Crippen LogP contribution < -0.4 is 0 Å². The van der Waals surface area contributed by atoms with E-state index < -0.39 is 12.1 Å². The van der Waals surface area contributed by atoms with Gasteiger partial charge in [0.15, 0.2) is 0 Å². The fraction of sp³-hybridized carbons (Fsp3) is 0.625. The summed E-state index contributed by atoms with van der Waals surface area (Å²) < 4.78 is 4.35. The van der Waals surface area contributed by atoms with Crippen LogP contribution in [0.15, 0.2) is 12.2 Å². The van der Waals surface area contributed by atoms with Crippen molar-refractivity contribution in [2.75, 3.05) is 13.7 Å². The molecular formula is C8H14O4. The molecule has 0 spiro atoms. The summed E-state index contributed by atoms with van der Waals surface area (Å²) in [6.07, 6.45) is -0.147. The summed E-state index contributed by atoms with van der Waals surface area (Å²) in [5, 5.41) is 17.7. The van der Waals surface area contributed by atoms with Gasteiger partial charge in [0, 0.05) is 6.61 Å². The lowest BCUT2D eigenvalue weighted by molar-refractivity contribution is -0.137. The van der Waals surface area contributed by atoms with Gasteiger partial charge in [-0.15, -0.1) is 0 Å². The molecule has 12 heavy (non-hydrogen) atoms. The monoisotopic (exact) mass is 174 g/mol. The number of carbonyl (C=O) groups excluding carboxylic acids is 1. The van der Waals surface area contributed by atoms with Crippen LogP contribution in [-0.2, 0) is 9.53 Å². The normalized spacial score (nSPS) is 12.2. The summed E-state index contributed by atoms with van der Waals surface area (Å²) in [4.78, 5) is 10.8. The second-order valence-corrected chi connectivity index (χ2v) is 2.40. The molecule has 0 saturated heterocycles. The largest absolute Gasteiger partial charge is 0.466 e. The van der Waals surface area contributed by atoms with Gasteiger partial charge >= 0.3 is 5.97 Å². The Morgan fingerprint density at radius 2 is 2.25 bits per heavy atom. The molecule has 0 fully saturated rings. The van der Waals surface area contributed by atoms with Gasteiger partial charge < -0.3 is 14.9 Å². The second kappa shape index (κ2) is 5.74. The molecule has 0 heterocycles. The molecule has 0 bridgehead atoms. The summed E-state index contributed by atoms with van der Waals surface area (Å²) in [6, 6.07) is 0. The maximum Gasteiger partial charge on any atom is 0.335 e. The minimum absolute atomic E-state index is 0.00842. The summed E-state index contributed by atoms with van der Waals surface area (Å²) in [5.41, 5.74) is 0.0333. The molecule has 4 nitrogen and oxygen atoms in total. The quantitative estimate of drug-likeness (QED) is 0.449. The molecule has 0 aromatic heterocycles. The first-order valence-electron chi connectivity index (χ1n) is 3.69. The van der Waals surface area contributed by atoms with Gasteiger partial charge in [0.05, 0.1) is 18.8 Å². The Balaban J connectivity index is 3.84. The maximum atomic E-state index is 10.8. The highest BCUT2D eigenvalue weighted by Gasteiger charge is 2.15. The molecular weight excluding hydrogens is 160 g/mol. The first kappa shape index (κ1) is 11.1. The zero-order valence-corrected chi connectivity index (χ0v) is 7.12. The molecule has 0 radical (unpaired) electrons. The van der Waals surface area contributed by atoms with Gasteiger partial charge in [0.25, 0.3) is 0 Å². The van der Waals surface area contributed by atoms with E-state index in [2.05, 4.69) is 11.3 Å². The Kier molecular flexibility index (Phi) is 5.32. The highest BCUT2D eigenvalue weighted by Crippen LogP contribution is 2.07. The van der Waals surface area contributed by atoms with Crippen LogP contribution in [0, 0.1) is 0 Å². The van der Waals surface area contributed by atoms with Crippen molar-refractivity contribution in [1.82, 2.24) is 0 Å². The van der Waals surface area contributed by atoms with Crippen molar-refractivity contribution in [2.45, 2.75) is 18.9 Å².